The van der Waals surface area contributed by atoms with Gasteiger partial charge in [0.1, 0.15) is 0 Å². The molecule has 4 nitrogen and oxygen atoms in total. The van der Waals surface area contributed by atoms with Gasteiger partial charge in [-0.2, -0.15) is 0 Å². The summed E-state index contributed by atoms with van der Waals surface area (Å²) in [6.07, 6.45) is 1.09. The van der Waals surface area contributed by atoms with Crippen LogP contribution in [0.1, 0.15) is 42.5 Å². The lowest BCUT2D eigenvalue weighted by Crippen LogP contribution is -2.41. The molecular formula is C23H29NO3. The van der Waals surface area contributed by atoms with E-state index in [1.165, 1.54) is 11.1 Å². The Morgan fingerprint density at radius 2 is 1.67 bits per heavy atom. The van der Waals surface area contributed by atoms with Crippen molar-refractivity contribution in [2.45, 2.75) is 59.1 Å². The van der Waals surface area contributed by atoms with Crippen molar-refractivity contribution in [3.63, 3.8) is 0 Å². The maximum absolute atomic E-state index is 12.3. The number of ether oxygens (including phenoxy) is 1. The molecule has 0 bridgehead atoms. The number of aryl methyl sites for hydroxylation is 3. The molecule has 27 heavy (non-hydrogen) atoms. The van der Waals surface area contributed by atoms with Gasteiger partial charge in [-0.1, -0.05) is 48.5 Å². The molecule has 2 atom stereocenters. The van der Waals surface area contributed by atoms with Crippen LogP contribution in [0.4, 0.5) is 0 Å². The third kappa shape index (κ3) is 6.89. The summed E-state index contributed by atoms with van der Waals surface area (Å²) in [6, 6.07) is 16.1. The van der Waals surface area contributed by atoms with E-state index in [2.05, 4.69) is 17.4 Å². The zero-order valence-corrected chi connectivity index (χ0v) is 16.6. The second-order valence-electron chi connectivity index (χ2n) is 7.16. The van der Waals surface area contributed by atoms with Gasteiger partial charge in [-0.05, 0) is 62.8 Å². The normalized spacial score (nSPS) is 12.9. The fraction of sp³-hybridized carbons (Fsp3) is 0.391. The third-order valence-corrected chi connectivity index (χ3v) is 4.69. The fourth-order valence-corrected chi connectivity index (χ4v) is 2.83. The quantitative estimate of drug-likeness (QED) is 0.720. The molecule has 0 saturated heterocycles. The molecule has 0 spiro atoms. The second-order valence-corrected chi connectivity index (χ2v) is 7.16. The fourth-order valence-electron chi connectivity index (χ4n) is 2.83. The summed E-state index contributed by atoms with van der Waals surface area (Å²) in [5, 5.41) is 2.92. The third-order valence-electron chi connectivity index (χ3n) is 4.69. The summed E-state index contributed by atoms with van der Waals surface area (Å²) in [6.45, 7) is 7.61. The van der Waals surface area contributed by atoms with E-state index in [1.807, 2.05) is 57.2 Å². The summed E-state index contributed by atoms with van der Waals surface area (Å²) in [4.78, 5) is 24.4. The molecule has 0 saturated carbocycles. The highest BCUT2D eigenvalue weighted by Crippen LogP contribution is 2.11. The highest BCUT2D eigenvalue weighted by atomic mass is 16.5. The summed E-state index contributed by atoms with van der Waals surface area (Å²) < 4.78 is 5.30. The largest absolute Gasteiger partial charge is 0.452 e. The number of rotatable bonds is 8. The number of hydrogen-bond donors (Lipinski definition) is 1. The number of nitrogens with one attached hydrogen (secondary N) is 1. The van der Waals surface area contributed by atoms with Crippen molar-refractivity contribution in [3.05, 3.63) is 70.8 Å². The predicted octanol–water partition coefficient (Wildman–Crippen LogP) is 3.92. The van der Waals surface area contributed by atoms with Gasteiger partial charge in [0.05, 0.1) is 6.42 Å². The van der Waals surface area contributed by atoms with Crippen LogP contribution in [0, 0.1) is 13.8 Å². The first-order chi connectivity index (χ1) is 12.8. The molecule has 1 N–H and O–H groups in total. The lowest BCUT2D eigenvalue weighted by molar-refractivity contribution is -0.154. The molecule has 2 rings (SSSR count). The minimum Gasteiger partial charge on any atom is -0.452 e. The Morgan fingerprint density at radius 1 is 0.963 bits per heavy atom. The Morgan fingerprint density at radius 3 is 2.33 bits per heavy atom. The second kappa shape index (κ2) is 9.91. The average molecular weight is 367 g/mol. The molecule has 0 unspecified atom stereocenters. The van der Waals surface area contributed by atoms with Crippen LogP contribution in [-0.4, -0.2) is 24.0 Å². The molecule has 144 valence electrons. The van der Waals surface area contributed by atoms with Crippen molar-refractivity contribution in [1.82, 2.24) is 5.32 Å². The van der Waals surface area contributed by atoms with Gasteiger partial charge < -0.3 is 10.1 Å². The molecule has 0 aliphatic rings. The van der Waals surface area contributed by atoms with Crippen molar-refractivity contribution >= 4 is 11.9 Å². The summed E-state index contributed by atoms with van der Waals surface area (Å²) >= 11 is 0. The first-order valence-electron chi connectivity index (χ1n) is 9.45. The Kier molecular flexibility index (Phi) is 7.59. The summed E-state index contributed by atoms with van der Waals surface area (Å²) in [7, 11) is 0. The van der Waals surface area contributed by atoms with Gasteiger partial charge in [0.2, 0.25) is 0 Å². The molecule has 1 amide bonds. The molecule has 0 heterocycles. The van der Waals surface area contributed by atoms with Crippen molar-refractivity contribution in [2.24, 2.45) is 0 Å². The highest BCUT2D eigenvalue weighted by Gasteiger charge is 2.19. The minimum atomic E-state index is -0.803. The van der Waals surface area contributed by atoms with Crippen LogP contribution >= 0.6 is 0 Å². The molecule has 0 aliphatic heterocycles. The van der Waals surface area contributed by atoms with Crippen molar-refractivity contribution in [1.29, 1.82) is 0 Å². The van der Waals surface area contributed by atoms with Crippen LogP contribution in [0.2, 0.25) is 0 Å². The Hall–Kier alpha value is -2.62. The van der Waals surface area contributed by atoms with Crippen molar-refractivity contribution in [3.8, 4) is 0 Å². The molecule has 4 heteroatoms. The van der Waals surface area contributed by atoms with Crippen LogP contribution in [0.25, 0.3) is 0 Å². The highest BCUT2D eigenvalue weighted by molar-refractivity contribution is 5.84. The van der Waals surface area contributed by atoms with E-state index in [-0.39, 0.29) is 18.4 Å². The lowest BCUT2D eigenvalue weighted by atomic mass is 10.0. The van der Waals surface area contributed by atoms with E-state index < -0.39 is 12.1 Å². The zero-order valence-electron chi connectivity index (χ0n) is 16.6. The number of carbonyl (C=O) groups is 2. The molecule has 2 aromatic rings. The smallest absolute Gasteiger partial charge is 0.311 e. The molecule has 0 aliphatic carbocycles. The number of amides is 1. The molecular weight excluding hydrogens is 338 g/mol. The molecule has 0 radical (unpaired) electrons. The minimum absolute atomic E-state index is 0.0126. The Bertz CT molecular complexity index is 770. The van der Waals surface area contributed by atoms with Crippen LogP contribution in [0.3, 0.4) is 0 Å². The Labute approximate surface area is 161 Å². The SMILES string of the molecule is Cc1ccc(CC(=O)O[C@H](C)C(=O)N[C@@H](C)CCc2ccccc2)cc1C. The predicted molar refractivity (Wildman–Crippen MR) is 108 cm³/mol. The lowest BCUT2D eigenvalue weighted by Gasteiger charge is -2.18. The van der Waals surface area contributed by atoms with Crippen LogP contribution < -0.4 is 5.32 Å². The van der Waals surface area contributed by atoms with Gasteiger partial charge in [0, 0.05) is 6.04 Å². The molecule has 2 aromatic carbocycles. The van der Waals surface area contributed by atoms with Gasteiger partial charge in [0.25, 0.3) is 5.91 Å². The van der Waals surface area contributed by atoms with Gasteiger partial charge in [-0.15, -0.1) is 0 Å². The van der Waals surface area contributed by atoms with Crippen LogP contribution in [0.15, 0.2) is 48.5 Å². The topological polar surface area (TPSA) is 55.4 Å². The van der Waals surface area contributed by atoms with E-state index in [1.54, 1.807) is 6.92 Å². The molecule has 0 fully saturated rings. The van der Waals surface area contributed by atoms with Crippen LogP contribution in [0.5, 0.6) is 0 Å². The summed E-state index contributed by atoms with van der Waals surface area (Å²) in [5.74, 6) is -0.651. The van der Waals surface area contributed by atoms with Gasteiger partial charge >= 0.3 is 5.97 Å². The first-order valence-corrected chi connectivity index (χ1v) is 9.45. The standard InChI is InChI=1S/C23H29NO3/c1-16-10-12-21(14-17(16)2)15-22(25)27-19(4)23(26)24-18(3)11-13-20-8-6-5-7-9-20/h5-10,12,14,18-19H,11,13,15H2,1-4H3,(H,24,26)/t18-,19+/m0/s1. The molecule has 0 aromatic heterocycles. The maximum Gasteiger partial charge on any atom is 0.311 e. The van der Waals surface area contributed by atoms with Gasteiger partial charge in [0.15, 0.2) is 6.10 Å². The van der Waals surface area contributed by atoms with E-state index in [9.17, 15) is 9.59 Å². The van der Waals surface area contributed by atoms with E-state index in [0.29, 0.717) is 0 Å². The van der Waals surface area contributed by atoms with Gasteiger partial charge in [-0.3, -0.25) is 9.59 Å². The Balaban J connectivity index is 1.76. The van der Waals surface area contributed by atoms with Crippen molar-refractivity contribution in [2.75, 3.05) is 0 Å². The van der Waals surface area contributed by atoms with E-state index >= 15 is 0 Å². The number of hydrogen-bond acceptors (Lipinski definition) is 3. The zero-order chi connectivity index (χ0) is 19.8. The van der Waals surface area contributed by atoms with Gasteiger partial charge in [-0.25, -0.2) is 0 Å². The average Bonchev–Trinajstić information content (AvgIpc) is 2.63. The number of benzene rings is 2. The summed E-state index contributed by atoms with van der Waals surface area (Å²) in [5.41, 5.74) is 4.46. The maximum atomic E-state index is 12.3. The van der Waals surface area contributed by atoms with Crippen molar-refractivity contribution < 1.29 is 14.3 Å². The van der Waals surface area contributed by atoms with Crippen LogP contribution in [-0.2, 0) is 27.2 Å². The van der Waals surface area contributed by atoms with E-state index in [4.69, 9.17) is 4.74 Å². The number of carbonyl (C=O) groups excluding carboxylic acids is 2. The first kappa shape index (κ1) is 20.7. The van der Waals surface area contributed by atoms with E-state index in [0.717, 1.165) is 24.0 Å². The monoisotopic (exact) mass is 367 g/mol. The number of esters is 1.